The Kier molecular flexibility index (Phi) is 3.00. The normalized spacial score (nSPS) is 13.4. The number of allylic oxidation sites excluding steroid dienone is 1. The Bertz CT molecular complexity index is 863. The molecule has 3 aromatic heterocycles. The van der Waals surface area contributed by atoms with E-state index in [2.05, 4.69) is 32.1 Å². The molecule has 4 rings (SSSR count). The molecular weight excluding hydrogens is 296 g/mol. The first-order valence-corrected chi connectivity index (χ1v) is 7.80. The minimum Gasteiger partial charge on any atom is -0.300 e. The van der Waals surface area contributed by atoms with Crippen LogP contribution in [0, 0.1) is 6.92 Å². The number of rotatable bonds is 2. The highest BCUT2D eigenvalue weighted by Gasteiger charge is 2.22. The van der Waals surface area contributed by atoms with Crippen LogP contribution in [0.3, 0.4) is 0 Å². The summed E-state index contributed by atoms with van der Waals surface area (Å²) in [5, 5.41) is 11.1. The molecule has 3 heterocycles. The zero-order valence-corrected chi connectivity index (χ0v) is 12.9. The first-order valence-electron chi connectivity index (χ1n) is 6.99. The van der Waals surface area contributed by atoms with Crippen molar-refractivity contribution in [2.24, 2.45) is 0 Å². The summed E-state index contributed by atoms with van der Waals surface area (Å²) in [4.78, 5) is 14.5. The lowest BCUT2D eigenvalue weighted by Crippen LogP contribution is -1.97. The molecule has 2 N–H and O–H groups in total. The average Bonchev–Trinajstić information content (AvgIpc) is 3.09. The van der Waals surface area contributed by atoms with Crippen LogP contribution in [-0.2, 0) is 6.42 Å². The smallest absolute Gasteiger partial charge is 0.229 e. The standard InChI is InChI=1S/C15H14N6S/c1-8-3-4-11-13(10-7-17-21-12(8)10)19-15(22-11)20-14-16-6-5-9(2)18-14/h5-7H,1,3-4H2,2H3,(H,17,21)(H,16,18,19,20). The van der Waals surface area contributed by atoms with Gasteiger partial charge in [0.1, 0.15) is 0 Å². The number of H-pyrrole nitrogens is 1. The van der Waals surface area contributed by atoms with Crippen LogP contribution >= 0.6 is 11.3 Å². The molecule has 0 aromatic carbocycles. The van der Waals surface area contributed by atoms with Crippen LogP contribution in [0.4, 0.5) is 11.1 Å². The molecule has 0 atom stereocenters. The van der Waals surface area contributed by atoms with Gasteiger partial charge in [0, 0.05) is 22.3 Å². The van der Waals surface area contributed by atoms with Gasteiger partial charge < -0.3 is 5.32 Å². The second-order valence-corrected chi connectivity index (χ2v) is 6.28. The summed E-state index contributed by atoms with van der Waals surface area (Å²) in [6.07, 6.45) is 5.40. The summed E-state index contributed by atoms with van der Waals surface area (Å²) in [6.45, 7) is 6.06. The molecular formula is C15H14N6S. The van der Waals surface area contributed by atoms with Crippen molar-refractivity contribution in [1.82, 2.24) is 25.1 Å². The van der Waals surface area contributed by atoms with Gasteiger partial charge >= 0.3 is 0 Å². The van der Waals surface area contributed by atoms with Crippen LogP contribution < -0.4 is 5.32 Å². The monoisotopic (exact) mass is 310 g/mol. The highest BCUT2D eigenvalue weighted by molar-refractivity contribution is 7.16. The fourth-order valence-electron chi connectivity index (χ4n) is 2.51. The summed E-state index contributed by atoms with van der Waals surface area (Å²) >= 11 is 1.63. The van der Waals surface area contributed by atoms with Gasteiger partial charge in [0.25, 0.3) is 0 Å². The lowest BCUT2D eigenvalue weighted by Gasteiger charge is -2.01. The topological polar surface area (TPSA) is 79.4 Å². The van der Waals surface area contributed by atoms with Crippen LogP contribution in [0.15, 0.2) is 25.0 Å². The third-order valence-electron chi connectivity index (χ3n) is 3.61. The van der Waals surface area contributed by atoms with Gasteiger partial charge in [-0.1, -0.05) is 6.58 Å². The summed E-state index contributed by atoms with van der Waals surface area (Å²) in [6, 6.07) is 1.87. The van der Waals surface area contributed by atoms with E-state index in [4.69, 9.17) is 4.98 Å². The van der Waals surface area contributed by atoms with Gasteiger partial charge in [-0.15, -0.1) is 11.3 Å². The molecule has 0 saturated carbocycles. The highest BCUT2D eigenvalue weighted by Crippen LogP contribution is 2.39. The van der Waals surface area contributed by atoms with Crippen LogP contribution in [0.5, 0.6) is 0 Å². The zero-order chi connectivity index (χ0) is 15.1. The molecule has 1 aliphatic rings. The molecule has 0 spiro atoms. The number of fused-ring (bicyclic) bond motifs is 3. The van der Waals surface area contributed by atoms with Crippen LogP contribution in [0.1, 0.15) is 22.7 Å². The number of nitrogens with zero attached hydrogens (tertiary/aromatic N) is 4. The lowest BCUT2D eigenvalue weighted by molar-refractivity contribution is 1.02. The first kappa shape index (κ1) is 13.1. The molecule has 0 radical (unpaired) electrons. The summed E-state index contributed by atoms with van der Waals surface area (Å²) in [5.41, 5.74) is 4.98. The van der Waals surface area contributed by atoms with E-state index in [1.54, 1.807) is 17.5 Å². The van der Waals surface area contributed by atoms with E-state index < -0.39 is 0 Å². The molecule has 0 fully saturated rings. The Morgan fingerprint density at radius 3 is 3.09 bits per heavy atom. The van der Waals surface area contributed by atoms with Gasteiger partial charge in [0.15, 0.2) is 5.13 Å². The van der Waals surface area contributed by atoms with E-state index in [9.17, 15) is 0 Å². The Morgan fingerprint density at radius 2 is 2.23 bits per heavy atom. The van der Waals surface area contributed by atoms with E-state index in [1.807, 2.05) is 19.2 Å². The predicted octanol–water partition coefficient (Wildman–Crippen LogP) is 3.33. The van der Waals surface area contributed by atoms with Gasteiger partial charge in [-0.05, 0) is 31.4 Å². The molecule has 110 valence electrons. The van der Waals surface area contributed by atoms with E-state index in [0.717, 1.165) is 46.2 Å². The van der Waals surface area contributed by atoms with Crippen LogP contribution in [0.2, 0.25) is 0 Å². The Morgan fingerprint density at radius 1 is 1.32 bits per heavy atom. The second kappa shape index (κ2) is 5.03. The third-order valence-corrected chi connectivity index (χ3v) is 4.64. The third kappa shape index (κ3) is 2.19. The molecule has 0 aliphatic heterocycles. The minimum absolute atomic E-state index is 0.570. The molecule has 0 saturated heterocycles. The van der Waals surface area contributed by atoms with Crippen molar-refractivity contribution < 1.29 is 0 Å². The van der Waals surface area contributed by atoms with Crippen molar-refractivity contribution in [3.8, 4) is 11.3 Å². The Labute approximate surface area is 131 Å². The largest absolute Gasteiger partial charge is 0.300 e. The summed E-state index contributed by atoms with van der Waals surface area (Å²) < 4.78 is 0. The van der Waals surface area contributed by atoms with E-state index in [-0.39, 0.29) is 0 Å². The maximum Gasteiger partial charge on any atom is 0.229 e. The molecule has 0 amide bonds. The minimum atomic E-state index is 0.570. The maximum absolute atomic E-state index is 4.71. The number of aryl methyl sites for hydroxylation is 2. The molecule has 1 aliphatic carbocycles. The number of anilines is 2. The fraction of sp³-hybridized carbons (Fsp3) is 0.200. The fourth-order valence-corrected chi connectivity index (χ4v) is 3.48. The number of nitrogens with one attached hydrogen (secondary N) is 2. The van der Waals surface area contributed by atoms with Crippen molar-refractivity contribution in [2.45, 2.75) is 19.8 Å². The molecule has 3 aromatic rings. The van der Waals surface area contributed by atoms with E-state index >= 15 is 0 Å². The number of hydrogen-bond donors (Lipinski definition) is 2. The quantitative estimate of drug-likeness (QED) is 0.759. The van der Waals surface area contributed by atoms with E-state index in [1.165, 1.54) is 4.88 Å². The van der Waals surface area contributed by atoms with Crippen molar-refractivity contribution in [2.75, 3.05) is 5.32 Å². The first-order chi connectivity index (χ1) is 10.7. The van der Waals surface area contributed by atoms with Gasteiger partial charge in [-0.25, -0.2) is 15.0 Å². The summed E-state index contributed by atoms with van der Waals surface area (Å²) in [5.74, 6) is 0.570. The van der Waals surface area contributed by atoms with Gasteiger partial charge in [0.05, 0.1) is 17.6 Å². The van der Waals surface area contributed by atoms with Crippen LogP contribution in [-0.4, -0.2) is 25.1 Å². The zero-order valence-electron chi connectivity index (χ0n) is 12.1. The van der Waals surface area contributed by atoms with Crippen molar-refractivity contribution in [3.05, 3.63) is 41.3 Å². The molecule has 0 bridgehead atoms. The van der Waals surface area contributed by atoms with Crippen molar-refractivity contribution in [3.63, 3.8) is 0 Å². The molecule has 22 heavy (non-hydrogen) atoms. The van der Waals surface area contributed by atoms with Gasteiger partial charge in [-0.2, -0.15) is 5.10 Å². The average molecular weight is 310 g/mol. The van der Waals surface area contributed by atoms with Crippen molar-refractivity contribution >= 4 is 28.0 Å². The summed E-state index contributed by atoms with van der Waals surface area (Å²) in [7, 11) is 0. The Hall–Kier alpha value is -2.54. The predicted molar refractivity (Wildman–Crippen MR) is 87.1 cm³/mol. The maximum atomic E-state index is 4.71. The SMILES string of the molecule is C=C1CCc2sc(Nc3nccc(C)n3)nc2-c2cn[nH]c21. The van der Waals surface area contributed by atoms with Gasteiger partial charge in [0.2, 0.25) is 5.95 Å². The van der Waals surface area contributed by atoms with Gasteiger partial charge in [-0.3, -0.25) is 5.10 Å². The van der Waals surface area contributed by atoms with E-state index in [0.29, 0.717) is 5.95 Å². The number of aromatic nitrogens is 5. The number of hydrogen-bond acceptors (Lipinski definition) is 6. The lowest BCUT2D eigenvalue weighted by atomic mass is 10.1. The molecule has 0 unspecified atom stereocenters. The molecule has 7 heteroatoms. The molecule has 6 nitrogen and oxygen atoms in total. The Balaban J connectivity index is 1.73. The second-order valence-electron chi connectivity index (χ2n) is 5.20. The van der Waals surface area contributed by atoms with Crippen molar-refractivity contribution in [1.29, 1.82) is 0 Å². The highest BCUT2D eigenvalue weighted by atomic mass is 32.1. The number of thiazole rings is 1. The van der Waals surface area contributed by atoms with Crippen LogP contribution in [0.25, 0.3) is 16.8 Å². The number of aromatic amines is 1.